The lowest BCUT2D eigenvalue weighted by molar-refractivity contribution is -0.133. The highest BCUT2D eigenvalue weighted by molar-refractivity contribution is 7.89. The van der Waals surface area contributed by atoms with Gasteiger partial charge in [0.2, 0.25) is 21.8 Å². The second-order valence-corrected chi connectivity index (χ2v) is 11.8. The molecule has 1 saturated carbocycles. The molecule has 1 aliphatic carbocycles. The molecule has 8 heteroatoms. The van der Waals surface area contributed by atoms with E-state index in [9.17, 15) is 18.0 Å². The number of nitrogens with zero attached hydrogens (tertiary/aromatic N) is 2. The lowest BCUT2D eigenvalue weighted by Crippen LogP contribution is -2.70. The predicted octanol–water partition coefficient (Wildman–Crippen LogP) is 3.47. The number of hydrogen-bond donors (Lipinski definition) is 1. The molecule has 0 radical (unpaired) electrons. The Labute approximate surface area is 202 Å². The molecule has 1 aliphatic heterocycles. The second kappa shape index (κ2) is 9.15. The van der Waals surface area contributed by atoms with Crippen molar-refractivity contribution in [1.82, 2.24) is 9.62 Å². The Bertz CT molecular complexity index is 1200. The minimum absolute atomic E-state index is 0.0464. The third-order valence-electron chi connectivity index (χ3n) is 7.13. The Kier molecular flexibility index (Phi) is 6.57. The molecule has 2 aromatic carbocycles. The van der Waals surface area contributed by atoms with Crippen LogP contribution in [0.3, 0.4) is 0 Å². The number of aryl methyl sites for hydroxylation is 3. The average molecular weight is 484 g/mol. The molecule has 2 aliphatic rings. The summed E-state index contributed by atoms with van der Waals surface area (Å²) in [6.45, 7) is 7.04. The molecule has 4 rings (SSSR count). The van der Waals surface area contributed by atoms with Gasteiger partial charge in [0.25, 0.3) is 0 Å². The molecule has 7 nitrogen and oxygen atoms in total. The van der Waals surface area contributed by atoms with Crippen molar-refractivity contribution in [2.24, 2.45) is 0 Å². The molecule has 1 heterocycles. The maximum atomic E-state index is 13.7. The van der Waals surface area contributed by atoms with Crippen LogP contribution in [0.4, 0.5) is 5.69 Å². The molecule has 1 N–H and O–H groups in total. The van der Waals surface area contributed by atoms with Crippen LogP contribution in [-0.2, 0) is 19.6 Å². The number of piperazine rings is 1. The van der Waals surface area contributed by atoms with Crippen LogP contribution in [0.2, 0.25) is 0 Å². The smallest absolute Gasteiger partial charge is 0.247 e. The standard InChI is InChI=1S/C26H33N3O4S/c1-18-9-13-23(14-10-18)34(32,33)28-16-24(30)29(22-12-11-19(2)20(3)15-22)26(4,17-28)25(31)27-21-7-5-6-8-21/h9-15,21H,5-8,16-17H2,1-4H3,(H,27,31)/t26-/m0/s1. The summed E-state index contributed by atoms with van der Waals surface area (Å²) in [6.07, 6.45) is 3.89. The van der Waals surface area contributed by atoms with Gasteiger partial charge < -0.3 is 5.32 Å². The minimum Gasteiger partial charge on any atom is -0.351 e. The van der Waals surface area contributed by atoms with Crippen molar-refractivity contribution in [2.45, 2.75) is 69.9 Å². The first-order valence-electron chi connectivity index (χ1n) is 11.8. The topological polar surface area (TPSA) is 86.8 Å². The summed E-state index contributed by atoms with van der Waals surface area (Å²) in [5.41, 5.74) is 2.23. The van der Waals surface area contributed by atoms with Crippen LogP contribution in [0.5, 0.6) is 0 Å². The largest absolute Gasteiger partial charge is 0.351 e. The number of hydrogen-bond acceptors (Lipinski definition) is 4. The number of carbonyl (C=O) groups excluding carboxylic acids is 2. The van der Waals surface area contributed by atoms with Crippen molar-refractivity contribution in [1.29, 1.82) is 0 Å². The van der Waals surface area contributed by atoms with Gasteiger partial charge in [0.05, 0.1) is 11.4 Å². The number of amides is 2. The van der Waals surface area contributed by atoms with E-state index in [2.05, 4.69) is 5.32 Å². The molecule has 0 aromatic heterocycles. The van der Waals surface area contributed by atoms with E-state index in [-0.39, 0.29) is 29.9 Å². The zero-order valence-corrected chi connectivity index (χ0v) is 21.1. The van der Waals surface area contributed by atoms with Gasteiger partial charge in [-0.05, 0) is 75.9 Å². The fourth-order valence-electron chi connectivity index (χ4n) is 4.87. The molecular formula is C26H33N3O4S. The first-order valence-corrected chi connectivity index (χ1v) is 13.2. The van der Waals surface area contributed by atoms with Crippen LogP contribution in [0.15, 0.2) is 47.4 Å². The van der Waals surface area contributed by atoms with E-state index in [0.717, 1.165) is 46.7 Å². The lowest BCUT2D eigenvalue weighted by atomic mass is 9.93. The van der Waals surface area contributed by atoms with Crippen molar-refractivity contribution in [3.63, 3.8) is 0 Å². The fraction of sp³-hybridized carbons (Fsp3) is 0.462. The number of carbonyl (C=O) groups is 2. The number of benzene rings is 2. The summed E-state index contributed by atoms with van der Waals surface area (Å²) in [5, 5.41) is 3.10. The summed E-state index contributed by atoms with van der Waals surface area (Å²) in [5.74, 6) is -0.746. The Morgan fingerprint density at radius 1 is 1.00 bits per heavy atom. The third-order valence-corrected chi connectivity index (χ3v) is 8.93. The number of sulfonamides is 1. The van der Waals surface area contributed by atoms with Gasteiger partial charge in [-0.3, -0.25) is 14.5 Å². The molecular weight excluding hydrogens is 450 g/mol. The maximum absolute atomic E-state index is 13.7. The van der Waals surface area contributed by atoms with E-state index in [1.165, 1.54) is 4.90 Å². The zero-order valence-electron chi connectivity index (χ0n) is 20.3. The Hall–Kier alpha value is -2.71. The highest BCUT2D eigenvalue weighted by Gasteiger charge is 2.51. The first kappa shape index (κ1) is 24.4. The normalized spacial score (nSPS) is 22.2. The van der Waals surface area contributed by atoms with Crippen LogP contribution in [-0.4, -0.2) is 49.2 Å². The second-order valence-electron chi connectivity index (χ2n) is 9.81. The summed E-state index contributed by atoms with van der Waals surface area (Å²) < 4.78 is 28.1. The van der Waals surface area contributed by atoms with E-state index in [4.69, 9.17) is 0 Å². The van der Waals surface area contributed by atoms with Crippen LogP contribution < -0.4 is 10.2 Å². The Balaban J connectivity index is 1.74. The lowest BCUT2D eigenvalue weighted by Gasteiger charge is -2.47. The zero-order chi connectivity index (χ0) is 24.7. The SMILES string of the molecule is Cc1ccc(S(=O)(=O)N2CC(=O)N(c3ccc(C)c(C)c3)[C@](C)(C(=O)NC3CCCC3)C2)cc1. The average Bonchev–Trinajstić information content (AvgIpc) is 3.29. The van der Waals surface area contributed by atoms with Crippen LogP contribution >= 0.6 is 0 Å². The highest BCUT2D eigenvalue weighted by Crippen LogP contribution is 2.34. The number of anilines is 1. The molecule has 1 saturated heterocycles. The summed E-state index contributed by atoms with van der Waals surface area (Å²) in [4.78, 5) is 28.8. The molecule has 182 valence electrons. The van der Waals surface area contributed by atoms with E-state index in [1.54, 1.807) is 31.2 Å². The highest BCUT2D eigenvalue weighted by atomic mass is 32.2. The molecule has 34 heavy (non-hydrogen) atoms. The van der Waals surface area contributed by atoms with E-state index in [1.807, 2.05) is 39.0 Å². The molecule has 2 aromatic rings. The van der Waals surface area contributed by atoms with Gasteiger partial charge in [0.1, 0.15) is 5.54 Å². The van der Waals surface area contributed by atoms with Gasteiger partial charge in [-0.15, -0.1) is 0 Å². The Morgan fingerprint density at radius 3 is 2.26 bits per heavy atom. The fourth-order valence-corrected chi connectivity index (χ4v) is 6.35. The van der Waals surface area contributed by atoms with Gasteiger partial charge in [0, 0.05) is 18.3 Å². The number of nitrogens with one attached hydrogen (secondary N) is 1. The van der Waals surface area contributed by atoms with Gasteiger partial charge in [-0.1, -0.05) is 36.6 Å². The monoisotopic (exact) mass is 483 g/mol. The molecule has 0 spiro atoms. The minimum atomic E-state index is -3.96. The van der Waals surface area contributed by atoms with E-state index in [0.29, 0.717) is 5.69 Å². The molecule has 0 unspecified atom stereocenters. The molecule has 2 fully saturated rings. The first-order chi connectivity index (χ1) is 16.0. The van der Waals surface area contributed by atoms with Gasteiger partial charge >= 0.3 is 0 Å². The van der Waals surface area contributed by atoms with Gasteiger partial charge in [-0.25, -0.2) is 8.42 Å². The molecule has 2 amide bonds. The van der Waals surface area contributed by atoms with Crippen LogP contribution in [0.1, 0.15) is 49.3 Å². The van der Waals surface area contributed by atoms with E-state index < -0.39 is 21.5 Å². The maximum Gasteiger partial charge on any atom is 0.247 e. The summed E-state index contributed by atoms with van der Waals surface area (Å²) >= 11 is 0. The van der Waals surface area contributed by atoms with Crippen LogP contribution in [0, 0.1) is 20.8 Å². The van der Waals surface area contributed by atoms with Crippen molar-refractivity contribution in [3.05, 3.63) is 59.2 Å². The van der Waals surface area contributed by atoms with E-state index >= 15 is 0 Å². The van der Waals surface area contributed by atoms with Crippen molar-refractivity contribution >= 4 is 27.5 Å². The third kappa shape index (κ3) is 4.49. The summed E-state index contributed by atoms with van der Waals surface area (Å²) in [6, 6.07) is 12.2. The van der Waals surface area contributed by atoms with Gasteiger partial charge in [0.15, 0.2) is 0 Å². The van der Waals surface area contributed by atoms with Crippen molar-refractivity contribution in [3.8, 4) is 0 Å². The van der Waals surface area contributed by atoms with Gasteiger partial charge in [-0.2, -0.15) is 4.31 Å². The summed E-state index contributed by atoms with van der Waals surface area (Å²) in [7, 11) is -3.96. The molecule has 0 bridgehead atoms. The van der Waals surface area contributed by atoms with Crippen molar-refractivity contribution < 1.29 is 18.0 Å². The predicted molar refractivity (Wildman–Crippen MR) is 132 cm³/mol. The Morgan fingerprint density at radius 2 is 1.65 bits per heavy atom. The van der Waals surface area contributed by atoms with Crippen molar-refractivity contribution in [2.75, 3.05) is 18.0 Å². The number of rotatable bonds is 5. The molecule has 1 atom stereocenters. The van der Waals surface area contributed by atoms with Crippen LogP contribution in [0.25, 0.3) is 0 Å². The quantitative estimate of drug-likeness (QED) is 0.706.